The van der Waals surface area contributed by atoms with Crippen molar-refractivity contribution in [2.75, 3.05) is 11.9 Å². The van der Waals surface area contributed by atoms with Gasteiger partial charge in [0.05, 0.1) is 11.6 Å². The molecule has 2 rings (SSSR count). The van der Waals surface area contributed by atoms with Crippen molar-refractivity contribution in [1.29, 1.82) is 5.26 Å². The van der Waals surface area contributed by atoms with E-state index in [4.69, 9.17) is 5.26 Å². The fraction of sp³-hybridized carbons (Fsp3) is 0.133. The molecule has 96 valence electrons. The van der Waals surface area contributed by atoms with Gasteiger partial charge in [-0.25, -0.2) is 8.78 Å². The minimum absolute atomic E-state index is 0.0364. The second-order valence-electron chi connectivity index (χ2n) is 4.21. The number of hydrogen-bond donors (Lipinski definition) is 0. The maximum atomic E-state index is 13.5. The molecule has 19 heavy (non-hydrogen) atoms. The van der Waals surface area contributed by atoms with E-state index in [1.807, 2.05) is 6.07 Å². The van der Waals surface area contributed by atoms with Crippen molar-refractivity contribution < 1.29 is 8.78 Å². The van der Waals surface area contributed by atoms with E-state index < -0.39 is 11.6 Å². The highest BCUT2D eigenvalue weighted by molar-refractivity contribution is 5.49. The lowest BCUT2D eigenvalue weighted by Gasteiger charge is -2.20. The van der Waals surface area contributed by atoms with Crippen LogP contribution in [0, 0.1) is 23.0 Å². The highest BCUT2D eigenvalue weighted by Gasteiger charge is 2.11. The van der Waals surface area contributed by atoms with Gasteiger partial charge in [-0.3, -0.25) is 0 Å². The average molecular weight is 258 g/mol. The van der Waals surface area contributed by atoms with Crippen molar-refractivity contribution in [2.45, 2.75) is 6.54 Å². The largest absolute Gasteiger partial charge is 0.370 e. The summed E-state index contributed by atoms with van der Waals surface area (Å²) < 4.78 is 27.1. The van der Waals surface area contributed by atoms with Crippen LogP contribution in [-0.2, 0) is 6.54 Å². The summed E-state index contributed by atoms with van der Waals surface area (Å²) in [7, 11) is 1.74. The monoisotopic (exact) mass is 258 g/mol. The lowest BCUT2D eigenvalue weighted by atomic mass is 10.1. The predicted molar refractivity (Wildman–Crippen MR) is 69.6 cm³/mol. The first-order chi connectivity index (χ1) is 9.11. The van der Waals surface area contributed by atoms with Crippen LogP contribution in [0.25, 0.3) is 0 Å². The van der Waals surface area contributed by atoms with Crippen LogP contribution in [0.1, 0.15) is 11.1 Å². The van der Waals surface area contributed by atoms with E-state index in [1.54, 1.807) is 36.2 Å². The summed E-state index contributed by atoms with van der Waals surface area (Å²) in [5.74, 6) is -1.11. The normalized spacial score (nSPS) is 10.0. The Bertz CT molecular complexity index is 595. The van der Waals surface area contributed by atoms with Crippen LogP contribution in [0.5, 0.6) is 0 Å². The average Bonchev–Trinajstić information content (AvgIpc) is 2.43. The Kier molecular flexibility index (Phi) is 3.76. The number of hydrogen-bond acceptors (Lipinski definition) is 2. The van der Waals surface area contributed by atoms with Gasteiger partial charge in [0, 0.05) is 24.8 Å². The number of anilines is 1. The van der Waals surface area contributed by atoms with Gasteiger partial charge in [-0.1, -0.05) is 6.07 Å². The minimum atomic E-state index is -0.555. The van der Waals surface area contributed by atoms with Crippen LogP contribution in [0.15, 0.2) is 42.5 Å². The molecule has 0 aromatic heterocycles. The van der Waals surface area contributed by atoms with Crippen LogP contribution in [0.3, 0.4) is 0 Å². The van der Waals surface area contributed by atoms with Gasteiger partial charge < -0.3 is 4.90 Å². The van der Waals surface area contributed by atoms with Gasteiger partial charge in [-0.2, -0.15) is 5.26 Å². The first kappa shape index (κ1) is 13.0. The summed E-state index contributed by atoms with van der Waals surface area (Å²) in [6.45, 7) is 0.129. The maximum Gasteiger partial charge on any atom is 0.131 e. The summed E-state index contributed by atoms with van der Waals surface area (Å²) in [6, 6.07) is 12.7. The summed E-state index contributed by atoms with van der Waals surface area (Å²) in [4.78, 5) is 1.72. The minimum Gasteiger partial charge on any atom is -0.370 e. The number of halogens is 2. The van der Waals surface area contributed by atoms with Crippen molar-refractivity contribution >= 4 is 5.69 Å². The molecule has 0 N–H and O–H groups in total. The Morgan fingerprint density at radius 2 is 1.63 bits per heavy atom. The molecule has 2 aromatic carbocycles. The van der Waals surface area contributed by atoms with Crippen LogP contribution in [0.2, 0.25) is 0 Å². The number of nitriles is 1. The van der Waals surface area contributed by atoms with Crippen molar-refractivity contribution in [2.24, 2.45) is 0 Å². The fourth-order valence-corrected chi connectivity index (χ4v) is 1.80. The molecule has 2 aromatic rings. The van der Waals surface area contributed by atoms with E-state index >= 15 is 0 Å². The van der Waals surface area contributed by atoms with E-state index in [1.165, 1.54) is 18.2 Å². The van der Waals surface area contributed by atoms with Gasteiger partial charge in [-0.15, -0.1) is 0 Å². The fourth-order valence-electron chi connectivity index (χ4n) is 1.80. The van der Waals surface area contributed by atoms with Crippen molar-refractivity contribution in [3.05, 3.63) is 65.2 Å². The third kappa shape index (κ3) is 2.89. The molecule has 0 unspecified atom stereocenters. The van der Waals surface area contributed by atoms with Gasteiger partial charge in [-0.05, 0) is 36.4 Å². The second kappa shape index (κ2) is 5.49. The smallest absolute Gasteiger partial charge is 0.131 e. The molecule has 0 aliphatic heterocycles. The highest BCUT2D eigenvalue weighted by atomic mass is 19.1. The third-order valence-corrected chi connectivity index (χ3v) is 2.89. The van der Waals surface area contributed by atoms with E-state index in [0.29, 0.717) is 5.56 Å². The second-order valence-corrected chi connectivity index (χ2v) is 4.21. The molecule has 0 saturated carbocycles. The Morgan fingerprint density at radius 1 is 1.05 bits per heavy atom. The Labute approximate surface area is 110 Å². The summed E-state index contributed by atoms with van der Waals surface area (Å²) in [5.41, 5.74) is 1.38. The van der Waals surface area contributed by atoms with Gasteiger partial charge in [0.25, 0.3) is 0 Å². The molecule has 0 heterocycles. The highest BCUT2D eigenvalue weighted by Crippen LogP contribution is 2.19. The zero-order valence-electron chi connectivity index (χ0n) is 10.4. The molecule has 2 nitrogen and oxygen atoms in total. The summed E-state index contributed by atoms with van der Waals surface area (Å²) in [5, 5.41) is 8.71. The van der Waals surface area contributed by atoms with Crippen LogP contribution in [0.4, 0.5) is 14.5 Å². The van der Waals surface area contributed by atoms with E-state index in [0.717, 1.165) is 5.69 Å². The zero-order valence-corrected chi connectivity index (χ0v) is 10.4. The molecule has 0 amide bonds. The number of rotatable bonds is 3. The van der Waals surface area contributed by atoms with Crippen molar-refractivity contribution in [3.63, 3.8) is 0 Å². The number of nitrogens with zero attached hydrogens (tertiary/aromatic N) is 2. The molecule has 0 fully saturated rings. The van der Waals surface area contributed by atoms with Crippen LogP contribution in [-0.4, -0.2) is 7.05 Å². The molecular formula is C15H12F2N2. The van der Waals surface area contributed by atoms with Gasteiger partial charge in [0.15, 0.2) is 0 Å². The standard InChI is InChI=1S/C15H12F2N2/c1-19(12-7-5-11(9-18)6-8-12)10-13-14(16)3-2-4-15(13)17/h2-8H,10H2,1H3. The van der Waals surface area contributed by atoms with Gasteiger partial charge in [0.1, 0.15) is 11.6 Å². The molecule has 0 atom stereocenters. The summed E-state index contributed by atoms with van der Waals surface area (Å²) in [6.07, 6.45) is 0. The van der Waals surface area contributed by atoms with Gasteiger partial charge in [0.2, 0.25) is 0 Å². The molecular weight excluding hydrogens is 246 g/mol. The molecule has 0 saturated heterocycles. The molecule has 0 aliphatic rings. The molecule has 0 aliphatic carbocycles. The maximum absolute atomic E-state index is 13.5. The molecule has 0 bridgehead atoms. The predicted octanol–water partition coefficient (Wildman–Crippen LogP) is 3.47. The lowest BCUT2D eigenvalue weighted by molar-refractivity contribution is 0.554. The summed E-state index contributed by atoms with van der Waals surface area (Å²) >= 11 is 0. The van der Waals surface area contributed by atoms with Gasteiger partial charge >= 0.3 is 0 Å². The first-order valence-electron chi connectivity index (χ1n) is 5.76. The quantitative estimate of drug-likeness (QED) is 0.842. The number of benzene rings is 2. The Balaban J connectivity index is 2.21. The van der Waals surface area contributed by atoms with E-state index in [-0.39, 0.29) is 12.1 Å². The molecule has 0 radical (unpaired) electrons. The van der Waals surface area contributed by atoms with Crippen molar-refractivity contribution in [1.82, 2.24) is 0 Å². The zero-order chi connectivity index (χ0) is 13.8. The van der Waals surface area contributed by atoms with E-state index in [9.17, 15) is 8.78 Å². The molecule has 4 heteroatoms. The third-order valence-electron chi connectivity index (χ3n) is 2.89. The van der Waals surface area contributed by atoms with Crippen LogP contribution < -0.4 is 4.90 Å². The first-order valence-corrected chi connectivity index (χ1v) is 5.76. The Morgan fingerprint density at radius 3 is 2.16 bits per heavy atom. The van der Waals surface area contributed by atoms with Crippen LogP contribution >= 0.6 is 0 Å². The Hall–Kier alpha value is -2.41. The SMILES string of the molecule is CN(Cc1c(F)cccc1F)c1ccc(C#N)cc1. The van der Waals surface area contributed by atoms with E-state index in [2.05, 4.69) is 0 Å². The van der Waals surface area contributed by atoms with Crippen molar-refractivity contribution in [3.8, 4) is 6.07 Å². The topological polar surface area (TPSA) is 27.0 Å². The molecule has 0 spiro atoms. The lowest BCUT2D eigenvalue weighted by Crippen LogP contribution is -2.18.